The standard InChI is InChI=1S/C14H20N2O2S/c1-9(8-13(17)18-3)19-14-11-6-4-5-7-12(11)15-10(2)16-14/h9H,4-8H2,1-3H3. The number of hydrogen-bond donors (Lipinski definition) is 0. The van der Waals surface area contributed by atoms with Crippen LogP contribution in [0, 0.1) is 6.92 Å². The van der Waals surface area contributed by atoms with E-state index < -0.39 is 0 Å². The van der Waals surface area contributed by atoms with E-state index in [1.807, 2.05) is 13.8 Å². The maximum Gasteiger partial charge on any atom is 0.306 e. The van der Waals surface area contributed by atoms with Crippen molar-refractivity contribution in [3.63, 3.8) is 0 Å². The summed E-state index contributed by atoms with van der Waals surface area (Å²) in [7, 11) is 1.43. The molecule has 1 aromatic heterocycles. The summed E-state index contributed by atoms with van der Waals surface area (Å²) in [5.74, 6) is 0.660. The minimum Gasteiger partial charge on any atom is -0.469 e. The number of carbonyl (C=O) groups is 1. The topological polar surface area (TPSA) is 52.1 Å². The summed E-state index contributed by atoms with van der Waals surface area (Å²) >= 11 is 1.66. The number of hydrogen-bond acceptors (Lipinski definition) is 5. The molecular weight excluding hydrogens is 260 g/mol. The van der Waals surface area contributed by atoms with Crippen molar-refractivity contribution in [2.75, 3.05) is 7.11 Å². The number of carbonyl (C=O) groups excluding carboxylic acids is 1. The summed E-state index contributed by atoms with van der Waals surface area (Å²) in [6.45, 7) is 3.97. The van der Waals surface area contributed by atoms with Gasteiger partial charge in [-0.1, -0.05) is 6.92 Å². The van der Waals surface area contributed by atoms with Gasteiger partial charge in [-0.2, -0.15) is 0 Å². The van der Waals surface area contributed by atoms with E-state index in [1.54, 1.807) is 11.8 Å². The Bertz CT molecular complexity index is 477. The first-order valence-electron chi connectivity index (χ1n) is 6.70. The number of rotatable bonds is 4. The van der Waals surface area contributed by atoms with Gasteiger partial charge in [0.2, 0.25) is 0 Å². The fourth-order valence-electron chi connectivity index (χ4n) is 2.33. The van der Waals surface area contributed by atoms with Crippen LogP contribution >= 0.6 is 11.8 Å². The van der Waals surface area contributed by atoms with Crippen molar-refractivity contribution in [3.8, 4) is 0 Å². The van der Waals surface area contributed by atoms with Crippen LogP contribution in [0.3, 0.4) is 0 Å². The second kappa shape index (κ2) is 6.37. The fourth-order valence-corrected chi connectivity index (χ4v) is 3.47. The zero-order chi connectivity index (χ0) is 13.8. The van der Waals surface area contributed by atoms with Crippen molar-refractivity contribution in [1.29, 1.82) is 0 Å². The van der Waals surface area contributed by atoms with E-state index in [1.165, 1.54) is 31.2 Å². The number of aromatic nitrogens is 2. The summed E-state index contributed by atoms with van der Waals surface area (Å²) < 4.78 is 4.71. The lowest BCUT2D eigenvalue weighted by atomic mass is 9.97. The molecule has 0 saturated carbocycles. The zero-order valence-corrected chi connectivity index (χ0v) is 12.5. The Morgan fingerprint density at radius 3 is 2.84 bits per heavy atom. The number of esters is 1. The van der Waals surface area contributed by atoms with Crippen molar-refractivity contribution in [3.05, 3.63) is 17.1 Å². The molecule has 1 atom stereocenters. The van der Waals surface area contributed by atoms with Crippen LogP contribution in [-0.4, -0.2) is 28.3 Å². The van der Waals surface area contributed by atoms with Gasteiger partial charge in [0.25, 0.3) is 0 Å². The van der Waals surface area contributed by atoms with Gasteiger partial charge in [-0.25, -0.2) is 9.97 Å². The highest BCUT2D eigenvalue weighted by molar-refractivity contribution is 7.99. The fraction of sp³-hybridized carbons (Fsp3) is 0.643. The smallest absolute Gasteiger partial charge is 0.306 e. The lowest BCUT2D eigenvalue weighted by Gasteiger charge is -2.19. The molecule has 19 heavy (non-hydrogen) atoms. The summed E-state index contributed by atoms with van der Waals surface area (Å²) in [5, 5.41) is 1.23. The SMILES string of the molecule is COC(=O)CC(C)Sc1nc(C)nc2c1CCCC2. The third-order valence-electron chi connectivity index (χ3n) is 3.25. The summed E-state index contributed by atoms with van der Waals surface area (Å²) in [5.41, 5.74) is 2.49. The molecule has 1 unspecified atom stereocenters. The average molecular weight is 280 g/mol. The molecule has 2 rings (SSSR count). The summed E-state index contributed by atoms with van der Waals surface area (Å²) in [4.78, 5) is 20.4. The molecule has 0 fully saturated rings. The molecule has 0 N–H and O–H groups in total. The largest absolute Gasteiger partial charge is 0.469 e. The average Bonchev–Trinajstić information content (AvgIpc) is 2.38. The number of methoxy groups -OCH3 is 1. The minimum absolute atomic E-state index is 0.167. The Hall–Kier alpha value is -1.10. The van der Waals surface area contributed by atoms with Crippen LogP contribution in [0.2, 0.25) is 0 Å². The van der Waals surface area contributed by atoms with E-state index in [4.69, 9.17) is 4.74 Å². The van der Waals surface area contributed by atoms with E-state index in [9.17, 15) is 4.79 Å². The molecule has 0 spiro atoms. The van der Waals surface area contributed by atoms with Gasteiger partial charge in [-0.05, 0) is 32.6 Å². The van der Waals surface area contributed by atoms with Gasteiger partial charge in [-0.15, -0.1) is 11.8 Å². The monoisotopic (exact) mass is 280 g/mol. The van der Waals surface area contributed by atoms with E-state index in [0.717, 1.165) is 23.7 Å². The highest BCUT2D eigenvalue weighted by Crippen LogP contribution is 2.32. The van der Waals surface area contributed by atoms with E-state index in [2.05, 4.69) is 9.97 Å². The normalized spacial score (nSPS) is 15.7. The van der Waals surface area contributed by atoms with Gasteiger partial charge < -0.3 is 4.74 Å². The Kier molecular flexibility index (Phi) is 4.80. The van der Waals surface area contributed by atoms with E-state index >= 15 is 0 Å². The Balaban J connectivity index is 2.15. The molecule has 4 nitrogen and oxygen atoms in total. The molecule has 0 radical (unpaired) electrons. The van der Waals surface area contributed by atoms with Crippen LogP contribution in [0.4, 0.5) is 0 Å². The summed E-state index contributed by atoms with van der Waals surface area (Å²) in [6.07, 6.45) is 4.95. The molecule has 0 aliphatic heterocycles. The second-order valence-corrected chi connectivity index (χ2v) is 6.34. The molecule has 0 saturated heterocycles. The number of aryl methyl sites for hydroxylation is 2. The Morgan fingerprint density at radius 1 is 1.37 bits per heavy atom. The minimum atomic E-state index is -0.167. The van der Waals surface area contributed by atoms with Gasteiger partial charge >= 0.3 is 5.97 Å². The molecule has 0 bridgehead atoms. The van der Waals surface area contributed by atoms with Crippen LogP contribution in [0.15, 0.2) is 5.03 Å². The van der Waals surface area contributed by atoms with E-state index in [-0.39, 0.29) is 11.2 Å². The molecule has 0 aromatic carbocycles. The Labute approximate surface area is 118 Å². The predicted octanol–water partition coefficient (Wildman–Crippen LogP) is 2.71. The molecule has 5 heteroatoms. The van der Waals surface area contributed by atoms with Gasteiger partial charge in [-0.3, -0.25) is 4.79 Å². The molecular formula is C14H20N2O2S. The highest BCUT2D eigenvalue weighted by Gasteiger charge is 2.20. The zero-order valence-electron chi connectivity index (χ0n) is 11.7. The van der Waals surface area contributed by atoms with Crippen LogP contribution in [0.25, 0.3) is 0 Å². The Morgan fingerprint density at radius 2 is 2.11 bits per heavy atom. The van der Waals surface area contributed by atoms with Gasteiger partial charge in [0.15, 0.2) is 0 Å². The molecule has 1 aromatic rings. The van der Waals surface area contributed by atoms with Crippen LogP contribution < -0.4 is 0 Å². The third-order valence-corrected chi connectivity index (χ3v) is 4.38. The molecule has 1 aliphatic carbocycles. The predicted molar refractivity (Wildman–Crippen MR) is 75.4 cm³/mol. The first-order valence-corrected chi connectivity index (χ1v) is 7.58. The lowest BCUT2D eigenvalue weighted by Crippen LogP contribution is -2.13. The van der Waals surface area contributed by atoms with Gasteiger partial charge in [0.1, 0.15) is 10.9 Å². The first-order chi connectivity index (χ1) is 9.10. The number of ether oxygens (including phenoxy) is 1. The lowest BCUT2D eigenvalue weighted by molar-refractivity contribution is -0.140. The van der Waals surface area contributed by atoms with Crippen LogP contribution in [0.5, 0.6) is 0 Å². The van der Waals surface area contributed by atoms with Crippen molar-refractivity contribution in [2.45, 2.75) is 56.2 Å². The third kappa shape index (κ3) is 3.69. The maximum absolute atomic E-state index is 11.3. The van der Waals surface area contributed by atoms with E-state index in [0.29, 0.717) is 6.42 Å². The van der Waals surface area contributed by atoms with Crippen LogP contribution in [-0.2, 0) is 22.4 Å². The number of thioether (sulfide) groups is 1. The van der Waals surface area contributed by atoms with Gasteiger partial charge in [0, 0.05) is 16.5 Å². The second-order valence-electron chi connectivity index (χ2n) is 4.92. The maximum atomic E-state index is 11.3. The number of nitrogens with zero attached hydrogens (tertiary/aromatic N) is 2. The van der Waals surface area contributed by atoms with Gasteiger partial charge in [0.05, 0.1) is 13.5 Å². The number of fused-ring (bicyclic) bond motifs is 1. The molecule has 104 valence electrons. The van der Waals surface area contributed by atoms with Crippen LogP contribution in [0.1, 0.15) is 43.3 Å². The molecule has 1 aliphatic rings. The molecule has 0 amide bonds. The van der Waals surface area contributed by atoms with Crippen molar-refractivity contribution < 1.29 is 9.53 Å². The highest BCUT2D eigenvalue weighted by atomic mass is 32.2. The summed E-state index contributed by atoms with van der Waals surface area (Å²) in [6, 6.07) is 0. The first kappa shape index (κ1) is 14.3. The van der Waals surface area contributed by atoms with Crippen molar-refractivity contribution in [2.24, 2.45) is 0 Å². The van der Waals surface area contributed by atoms with Crippen molar-refractivity contribution in [1.82, 2.24) is 9.97 Å². The van der Waals surface area contributed by atoms with Crippen molar-refractivity contribution >= 4 is 17.7 Å². The quantitative estimate of drug-likeness (QED) is 0.482. The molecule has 1 heterocycles.